The van der Waals surface area contributed by atoms with Crippen LogP contribution in [0.15, 0.2) is 30.3 Å². The topological polar surface area (TPSA) is 41.5 Å². The van der Waals surface area contributed by atoms with Crippen LogP contribution in [0.2, 0.25) is 0 Å². The Morgan fingerprint density at radius 2 is 2.00 bits per heavy atom. The third-order valence-electron chi connectivity index (χ3n) is 2.64. The van der Waals surface area contributed by atoms with Crippen molar-refractivity contribution in [2.45, 2.75) is 25.4 Å². The van der Waals surface area contributed by atoms with Gasteiger partial charge in [-0.3, -0.25) is 0 Å². The van der Waals surface area contributed by atoms with Gasteiger partial charge in [-0.2, -0.15) is 0 Å². The first kappa shape index (κ1) is 13.2. The maximum atomic E-state index is 9.21. The fraction of sp³-hybridized carbons (Fsp3) is 0.538. The lowest BCUT2D eigenvalue weighted by Gasteiger charge is -2.23. The normalized spacial score (nSPS) is 14.7. The number of aliphatic hydroxyl groups is 1. The number of aliphatic hydroxyl groups excluding tert-OH is 1. The molecule has 0 aromatic heterocycles. The first-order valence-electron chi connectivity index (χ1n) is 5.72. The van der Waals surface area contributed by atoms with Crippen LogP contribution in [0.4, 0.5) is 0 Å². The molecule has 1 aromatic carbocycles. The molecule has 1 aromatic rings. The molecule has 0 spiro atoms. The van der Waals surface area contributed by atoms with E-state index in [2.05, 4.69) is 24.4 Å². The Morgan fingerprint density at radius 3 is 2.50 bits per heavy atom. The van der Waals surface area contributed by atoms with Crippen molar-refractivity contribution in [1.29, 1.82) is 0 Å². The van der Waals surface area contributed by atoms with Gasteiger partial charge in [0.1, 0.15) is 0 Å². The largest absolute Gasteiger partial charge is 0.395 e. The summed E-state index contributed by atoms with van der Waals surface area (Å²) in [7, 11) is 1.65. The molecule has 0 fully saturated rings. The maximum Gasteiger partial charge on any atom is 0.0638 e. The molecule has 0 radical (unpaired) electrons. The number of ether oxygens (including phenoxy) is 1. The Kier molecular flexibility index (Phi) is 6.08. The number of hydrogen-bond acceptors (Lipinski definition) is 3. The molecule has 3 heteroatoms. The number of benzene rings is 1. The Balaban J connectivity index is 2.61. The van der Waals surface area contributed by atoms with Crippen LogP contribution in [0.25, 0.3) is 0 Å². The summed E-state index contributed by atoms with van der Waals surface area (Å²) in [5, 5.41) is 12.6. The van der Waals surface area contributed by atoms with E-state index < -0.39 is 0 Å². The molecule has 2 N–H and O–H groups in total. The van der Waals surface area contributed by atoms with Crippen molar-refractivity contribution >= 4 is 0 Å². The Hall–Kier alpha value is -0.900. The Bertz CT molecular complexity index is 277. The van der Waals surface area contributed by atoms with E-state index in [1.807, 2.05) is 18.2 Å². The van der Waals surface area contributed by atoms with Crippen molar-refractivity contribution in [2.24, 2.45) is 0 Å². The highest BCUT2D eigenvalue weighted by Gasteiger charge is 2.14. The molecule has 1 rings (SSSR count). The number of rotatable bonds is 7. The van der Waals surface area contributed by atoms with Crippen LogP contribution in [-0.2, 0) is 4.74 Å². The molecule has 0 aliphatic heterocycles. The van der Waals surface area contributed by atoms with Gasteiger partial charge in [0.05, 0.1) is 19.3 Å². The molecule has 3 nitrogen and oxygen atoms in total. The van der Waals surface area contributed by atoms with Gasteiger partial charge in [0.25, 0.3) is 0 Å². The summed E-state index contributed by atoms with van der Waals surface area (Å²) < 4.78 is 5.05. The summed E-state index contributed by atoms with van der Waals surface area (Å²) in [6.45, 7) is 2.75. The molecule has 0 saturated carbocycles. The van der Waals surface area contributed by atoms with Gasteiger partial charge in [0, 0.05) is 13.2 Å². The molecule has 2 unspecified atom stereocenters. The van der Waals surface area contributed by atoms with Crippen molar-refractivity contribution in [1.82, 2.24) is 5.32 Å². The number of nitrogens with one attached hydrogen (secondary N) is 1. The fourth-order valence-corrected chi connectivity index (χ4v) is 1.77. The van der Waals surface area contributed by atoms with E-state index in [0.717, 1.165) is 6.42 Å². The van der Waals surface area contributed by atoms with Gasteiger partial charge in [0.15, 0.2) is 0 Å². The summed E-state index contributed by atoms with van der Waals surface area (Å²) in [6, 6.07) is 10.5. The SMILES string of the molecule is CCC(NC(CO)COC)c1ccccc1. The van der Waals surface area contributed by atoms with Gasteiger partial charge in [0.2, 0.25) is 0 Å². The molecular weight excluding hydrogens is 202 g/mol. The highest BCUT2D eigenvalue weighted by Crippen LogP contribution is 2.16. The highest BCUT2D eigenvalue weighted by molar-refractivity contribution is 5.18. The van der Waals surface area contributed by atoms with E-state index >= 15 is 0 Å². The van der Waals surface area contributed by atoms with E-state index in [9.17, 15) is 5.11 Å². The first-order chi connectivity index (χ1) is 7.81. The van der Waals surface area contributed by atoms with Gasteiger partial charge >= 0.3 is 0 Å². The second-order valence-corrected chi connectivity index (χ2v) is 3.87. The van der Waals surface area contributed by atoms with E-state index in [1.165, 1.54) is 5.56 Å². The van der Waals surface area contributed by atoms with Crippen LogP contribution in [-0.4, -0.2) is 31.5 Å². The van der Waals surface area contributed by atoms with Gasteiger partial charge in [-0.15, -0.1) is 0 Å². The van der Waals surface area contributed by atoms with Crippen LogP contribution in [0.3, 0.4) is 0 Å². The fourth-order valence-electron chi connectivity index (χ4n) is 1.77. The molecule has 2 atom stereocenters. The zero-order valence-corrected chi connectivity index (χ0v) is 10.0. The number of hydrogen-bond donors (Lipinski definition) is 2. The second-order valence-electron chi connectivity index (χ2n) is 3.87. The lowest BCUT2D eigenvalue weighted by molar-refractivity contribution is 0.121. The number of methoxy groups -OCH3 is 1. The summed E-state index contributed by atoms with van der Waals surface area (Å²) in [5.74, 6) is 0. The van der Waals surface area contributed by atoms with Gasteiger partial charge in [-0.05, 0) is 12.0 Å². The average molecular weight is 223 g/mol. The lowest BCUT2D eigenvalue weighted by Crippen LogP contribution is -2.38. The van der Waals surface area contributed by atoms with Crippen LogP contribution in [0, 0.1) is 0 Å². The summed E-state index contributed by atoms with van der Waals surface area (Å²) in [4.78, 5) is 0. The minimum absolute atomic E-state index is 0.00449. The van der Waals surface area contributed by atoms with E-state index in [0.29, 0.717) is 6.61 Å². The van der Waals surface area contributed by atoms with Crippen LogP contribution < -0.4 is 5.32 Å². The minimum atomic E-state index is -0.00449. The molecule has 16 heavy (non-hydrogen) atoms. The Morgan fingerprint density at radius 1 is 1.31 bits per heavy atom. The second kappa shape index (κ2) is 7.39. The van der Waals surface area contributed by atoms with Gasteiger partial charge < -0.3 is 15.2 Å². The standard InChI is InChI=1S/C13H21NO2/c1-3-13(11-7-5-4-6-8-11)14-12(9-15)10-16-2/h4-8,12-15H,3,9-10H2,1-2H3. The molecule has 0 bridgehead atoms. The lowest BCUT2D eigenvalue weighted by atomic mass is 10.0. The average Bonchev–Trinajstić information content (AvgIpc) is 2.35. The van der Waals surface area contributed by atoms with Crippen LogP contribution in [0.5, 0.6) is 0 Å². The van der Waals surface area contributed by atoms with E-state index in [4.69, 9.17) is 4.74 Å². The maximum absolute atomic E-state index is 9.21. The van der Waals surface area contributed by atoms with Crippen molar-refractivity contribution < 1.29 is 9.84 Å². The monoisotopic (exact) mass is 223 g/mol. The molecule has 0 saturated heterocycles. The van der Waals surface area contributed by atoms with Gasteiger partial charge in [-0.1, -0.05) is 37.3 Å². The quantitative estimate of drug-likeness (QED) is 0.739. The van der Waals surface area contributed by atoms with Crippen LogP contribution in [0.1, 0.15) is 24.9 Å². The highest BCUT2D eigenvalue weighted by atomic mass is 16.5. The van der Waals surface area contributed by atoms with Gasteiger partial charge in [-0.25, -0.2) is 0 Å². The van der Waals surface area contributed by atoms with Crippen molar-refractivity contribution in [3.8, 4) is 0 Å². The summed E-state index contributed by atoms with van der Waals surface area (Å²) >= 11 is 0. The summed E-state index contributed by atoms with van der Waals surface area (Å²) in [6.07, 6.45) is 0.990. The van der Waals surface area contributed by atoms with Crippen molar-refractivity contribution in [3.63, 3.8) is 0 Å². The smallest absolute Gasteiger partial charge is 0.0638 e. The van der Waals surface area contributed by atoms with Crippen molar-refractivity contribution in [2.75, 3.05) is 20.3 Å². The first-order valence-corrected chi connectivity index (χ1v) is 5.72. The third kappa shape index (κ3) is 3.93. The van der Waals surface area contributed by atoms with Crippen LogP contribution >= 0.6 is 0 Å². The molecular formula is C13H21NO2. The van der Waals surface area contributed by atoms with E-state index in [1.54, 1.807) is 7.11 Å². The zero-order valence-electron chi connectivity index (χ0n) is 10.0. The summed E-state index contributed by atoms with van der Waals surface area (Å²) in [5.41, 5.74) is 1.25. The Labute approximate surface area is 97.4 Å². The predicted octanol–water partition coefficient (Wildman–Crippen LogP) is 1.73. The molecule has 0 heterocycles. The third-order valence-corrected chi connectivity index (χ3v) is 2.64. The van der Waals surface area contributed by atoms with Crippen molar-refractivity contribution in [3.05, 3.63) is 35.9 Å². The molecule has 0 aliphatic rings. The molecule has 90 valence electrons. The van der Waals surface area contributed by atoms with E-state index in [-0.39, 0.29) is 18.7 Å². The molecule has 0 aliphatic carbocycles. The zero-order chi connectivity index (χ0) is 11.8. The minimum Gasteiger partial charge on any atom is -0.395 e. The molecule has 0 amide bonds. The predicted molar refractivity (Wildman–Crippen MR) is 65.4 cm³/mol.